The molecule has 7 heteroatoms. The molecule has 0 unspecified atom stereocenters. The van der Waals surface area contributed by atoms with Crippen molar-refractivity contribution >= 4 is 17.5 Å². The first-order chi connectivity index (χ1) is 11.9. The summed E-state index contributed by atoms with van der Waals surface area (Å²) in [6, 6.07) is 10.8. The number of carbonyl (C=O) groups is 1. The molecule has 3 rings (SSSR count). The van der Waals surface area contributed by atoms with Gasteiger partial charge in [0, 0.05) is 30.4 Å². The molecule has 0 radical (unpaired) electrons. The fourth-order valence-electron chi connectivity index (χ4n) is 2.38. The summed E-state index contributed by atoms with van der Waals surface area (Å²) in [5.41, 5.74) is 1.25. The minimum absolute atomic E-state index is 0.211. The molecule has 0 aliphatic rings. The number of hydrogen-bond donors (Lipinski definition) is 2. The summed E-state index contributed by atoms with van der Waals surface area (Å²) in [6.45, 7) is 0.220. The highest BCUT2D eigenvalue weighted by Gasteiger charge is 2.17. The fourth-order valence-corrected chi connectivity index (χ4v) is 2.51. The number of phenols is 1. The van der Waals surface area contributed by atoms with E-state index in [2.05, 4.69) is 10.4 Å². The van der Waals surface area contributed by atoms with Crippen molar-refractivity contribution in [2.24, 2.45) is 7.05 Å². The third kappa shape index (κ3) is 3.80. The van der Waals surface area contributed by atoms with Gasteiger partial charge in [0.1, 0.15) is 11.6 Å². The topological polar surface area (TPSA) is 67.2 Å². The van der Waals surface area contributed by atoms with Crippen LogP contribution in [0, 0.1) is 5.82 Å². The fraction of sp³-hybridized carbons (Fsp3) is 0.111. The number of rotatable bonds is 4. The molecule has 0 bridgehead atoms. The van der Waals surface area contributed by atoms with Gasteiger partial charge in [-0.15, -0.1) is 0 Å². The highest BCUT2D eigenvalue weighted by molar-refractivity contribution is 6.30. The molecule has 3 aromatic rings. The molecular formula is C18H15ClFN3O2. The first-order valence-corrected chi connectivity index (χ1v) is 7.87. The lowest BCUT2D eigenvalue weighted by Crippen LogP contribution is -2.23. The van der Waals surface area contributed by atoms with Crippen LogP contribution < -0.4 is 5.32 Å². The number of phenolic OH excluding ortho intramolecular Hbond substituents is 1. The predicted molar refractivity (Wildman–Crippen MR) is 92.9 cm³/mol. The lowest BCUT2D eigenvalue weighted by atomic mass is 10.1. The van der Waals surface area contributed by atoms with Crippen molar-refractivity contribution in [2.75, 3.05) is 0 Å². The molecule has 1 heterocycles. The van der Waals surface area contributed by atoms with E-state index in [1.165, 1.54) is 0 Å². The SMILES string of the molecule is Cn1ccc(-c2cc(F)c(C(=O)NCc3ccc(Cl)cc3)cc2O)n1. The molecule has 1 aromatic heterocycles. The molecule has 1 amide bonds. The average Bonchev–Trinajstić information content (AvgIpc) is 3.02. The number of halogens is 2. The Morgan fingerprint density at radius 2 is 2.00 bits per heavy atom. The molecule has 0 saturated heterocycles. The number of amides is 1. The lowest BCUT2D eigenvalue weighted by molar-refractivity contribution is 0.0946. The summed E-state index contributed by atoms with van der Waals surface area (Å²) in [7, 11) is 1.72. The molecule has 0 aliphatic carbocycles. The average molecular weight is 360 g/mol. The van der Waals surface area contributed by atoms with Gasteiger partial charge in [-0.2, -0.15) is 5.10 Å². The first kappa shape index (κ1) is 17.0. The Morgan fingerprint density at radius 3 is 2.64 bits per heavy atom. The molecule has 5 nitrogen and oxygen atoms in total. The van der Waals surface area contributed by atoms with Crippen LogP contribution in [0.25, 0.3) is 11.3 Å². The van der Waals surface area contributed by atoms with Crippen molar-refractivity contribution in [3.05, 3.63) is 70.6 Å². The number of aryl methyl sites for hydroxylation is 1. The quantitative estimate of drug-likeness (QED) is 0.749. The van der Waals surface area contributed by atoms with Crippen molar-refractivity contribution in [2.45, 2.75) is 6.54 Å². The molecule has 2 aromatic carbocycles. The largest absolute Gasteiger partial charge is 0.507 e. The molecule has 25 heavy (non-hydrogen) atoms. The Morgan fingerprint density at radius 1 is 1.28 bits per heavy atom. The van der Waals surface area contributed by atoms with Gasteiger partial charge in [0.25, 0.3) is 5.91 Å². The highest BCUT2D eigenvalue weighted by Crippen LogP contribution is 2.30. The zero-order chi connectivity index (χ0) is 18.0. The van der Waals surface area contributed by atoms with Crippen LogP contribution in [-0.2, 0) is 13.6 Å². The third-order valence-corrected chi connectivity index (χ3v) is 3.94. The number of nitrogens with zero attached hydrogens (tertiary/aromatic N) is 2. The minimum atomic E-state index is -0.730. The zero-order valence-corrected chi connectivity index (χ0v) is 14.1. The van der Waals surface area contributed by atoms with Crippen LogP contribution in [-0.4, -0.2) is 20.8 Å². The van der Waals surface area contributed by atoms with Crippen LogP contribution in [0.15, 0.2) is 48.7 Å². The number of nitrogens with one attached hydrogen (secondary N) is 1. The van der Waals surface area contributed by atoms with E-state index in [9.17, 15) is 14.3 Å². The maximum atomic E-state index is 14.3. The van der Waals surface area contributed by atoms with Crippen LogP contribution in [0.1, 0.15) is 15.9 Å². The Kier molecular flexibility index (Phi) is 4.72. The maximum absolute atomic E-state index is 14.3. The van der Waals surface area contributed by atoms with Crippen molar-refractivity contribution in [3.8, 4) is 17.0 Å². The van der Waals surface area contributed by atoms with Gasteiger partial charge in [-0.3, -0.25) is 9.48 Å². The molecule has 0 spiro atoms. The maximum Gasteiger partial charge on any atom is 0.254 e. The van der Waals surface area contributed by atoms with E-state index >= 15 is 0 Å². The van der Waals surface area contributed by atoms with Gasteiger partial charge >= 0.3 is 0 Å². The smallest absolute Gasteiger partial charge is 0.254 e. The van der Waals surface area contributed by atoms with Gasteiger partial charge in [-0.25, -0.2) is 4.39 Å². The van der Waals surface area contributed by atoms with Gasteiger partial charge in [0.05, 0.1) is 11.3 Å². The second kappa shape index (κ2) is 6.94. The summed E-state index contributed by atoms with van der Waals surface area (Å²) in [4.78, 5) is 12.2. The number of aromatic hydroxyl groups is 1. The van der Waals surface area contributed by atoms with Gasteiger partial charge < -0.3 is 10.4 Å². The molecule has 0 fully saturated rings. The standard InChI is InChI=1S/C18H15ClFN3O2/c1-23-7-6-16(22-23)14-8-15(20)13(9-17(14)24)18(25)21-10-11-2-4-12(19)5-3-11/h2-9,24H,10H2,1H3,(H,21,25). The predicted octanol–water partition coefficient (Wildman–Crippen LogP) is 3.52. The molecular weight excluding hydrogens is 345 g/mol. The Labute approximate surface area is 148 Å². The van der Waals surface area contributed by atoms with Crippen LogP contribution in [0.5, 0.6) is 5.75 Å². The monoisotopic (exact) mass is 359 g/mol. The van der Waals surface area contributed by atoms with E-state index < -0.39 is 11.7 Å². The molecule has 0 atom stereocenters. The summed E-state index contributed by atoms with van der Waals surface area (Å²) >= 11 is 5.80. The van der Waals surface area contributed by atoms with Gasteiger partial charge in [-0.05, 0) is 35.9 Å². The first-order valence-electron chi connectivity index (χ1n) is 7.49. The van der Waals surface area contributed by atoms with E-state index in [4.69, 9.17) is 11.6 Å². The second-order valence-corrected chi connectivity index (χ2v) is 5.97. The van der Waals surface area contributed by atoms with Crippen molar-refractivity contribution in [3.63, 3.8) is 0 Å². The second-order valence-electron chi connectivity index (χ2n) is 5.53. The minimum Gasteiger partial charge on any atom is -0.507 e. The van der Waals surface area contributed by atoms with Crippen LogP contribution in [0.4, 0.5) is 4.39 Å². The van der Waals surface area contributed by atoms with Crippen molar-refractivity contribution in [1.82, 2.24) is 15.1 Å². The van der Waals surface area contributed by atoms with Crippen LogP contribution in [0.3, 0.4) is 0 Å². The van der Waals surface area contributed by atoms with Gasteiger partial charge in [0.2, 0.25) is 0 Å². The van der Waals surface area contributed by atoms with Crippen LogP contribution >= 0.6 is 11.6 Å². The summed E-state index contributed by atoms with van der Waals surface area (Å²) in [6.07, 6.45) is 1.68. The van der Waals surface area contributed by atoms with E-state index in [0.717, 1.165) is 17.7 Å². The number of benzene rings is 2. The van der Waals surface area contributed by atoms with Gasteiger partial charge in [0.15, 0.2) is 0 Å². The lowest BCUT2D eigenvalue weighted by Gasteiger charge is -2.09. The summed E-state index contributed by atoms with van der Waals surface area (Å²) in [5.74, 6) is -1.56. The normalized spacial score (nSPS) is 10.7. The van der Waals surface area contributed by atoms with E-state index in [1.807, 2.05) is 0 Å². The van der Waals surface area contributed by atoms with Crippen molar-refractivity contribution in [1.29, 1.82) is 0 Å². The molecule has 128 valence electrons. The molecule has 0 aliphatic heterocycles. The summed E-state index contributed by atoms with van der Waals surface area (Å²) in [5, 5.41) is 17.5. The molecule has 2 N–H and O–H groups in total. The third-order valence-electron chi connectivity index (χ3n) is 3.69. The van der Waals surface area contributed by atoms with E-state index in [-0.39, 0.29) is 23.4 Å². The Hall–Kier alpha value is -2.86. The van der Waals surface area contributed by atoms with Gasteiger partial charge in [-0.1, -0.05) is 23.7 Å². The Balaban J connectivity index is 1.78. The van der Waals surface area contributed by atoms with Crippen molar-refractivity contribution < 1.29 is 14.3 Å². The zero-order valence-electron chi connectivity index (χ0n) is 13.3. The molecule has 0 saturated carbocycles. The van der Waals surface area contributed by atoms with Crippen LogP contribution in [0.2, 0.25) is 5.02 Å². The Bertz CT molecular complexity index is 923. The van der Waals surface area contributed by atoms with E-state index in [1.54, 1.807) is 48.3 Å². The van der Waals surface area contributed by atoms with E-state index in [0.29, 0.717) is 10.7 Å². The number of carbonyl (C=O) groups excluding carboxylic acids is 1. The number of hydrogen-bond acceptors (Lipinski definition) is 3. The number of aromatic nitrogens is 2. The highest BCUT2D eigenvalue weighted by atomic mass is 35.5. The summed E-state index contributed by atoms with van der Waals surface area (Å²) < 4.78 is 15.9.